The van der Waals surface area contributed by atoms with Gasteiger partial charge >= 0.3 is 0 Å². The van der Waals surface area contributed by atoms with Crippen molar-refractivity contribution in [1.29, 1.82) is 0 Å². The van der Waals surface area contributed by atoms with Crippen LogP contribution in [-0.2, 0) is 6.42 Å². The summed E-state index contributed by atoms with van der Waals surface area (Å²) >= 11 is 0. The molecule has 0 amide bonds. The van der Waals surface area contributed by atoms with Gasteiger partial charge in [0.05, 0.1) is 13.2 Å². The molecule has 0 fully saturated rings. The number of aromatic hydroxyl groups is 2. The standard InChI is InChI=1S/C23H26O4/c1-15(7-9-22(26)17-12-18(24)14-19(25)13-17)11-16-8-10-23(27-2)21-6-4-3-5-20(16)21/h3-6,8,10,12-15,22,24-26H,7,9,11H2,1-2H3. The molecule has 0 spiro atoms. The third-order valence-electron chi connectivity index (χ3n) is 5.01. The van der Waals surface area contributed by atoms with Gasteiger partial charge in [0.2, 0.25) is 0 Å². The number of ether oxygens (including phenoxy) is 1. The Balaban J connectivity index is 1.67. The lowest BCUT2D eigenvalue weighted by Gasteiger charge is -2.17. The van der Waals surface area contributed by atoms with Gasteiger partial charge in [0.1, 0.15) is 17.2 Å². The maximum absolute atomic E-state index is 10.4. The molecule has 2 atom stereocenters. The molecule has 0 aliphatic heterocycles. The van der Waals surface area contributed by atoms with Gasteiger partial charge in [-0.1, -0.05) is 37.3 Å². The number of rotatable bonds is 7. The molecule has 3 aromatic rings. The molecular formula is C23H26O4. The second-order valence-electron chi connectivity index (χ2n) is 7.16. The molecule has 0 saturated heterocycles. The SMILES string of the molecule is COc1ccc(CC(C)CCC(O)c2cc(O)cc(O)c2)c2ccccc12. The van der Waals surface area contributed by atoms with Gasteiger partial charge in [-0.25, -0.2) is 0 Å². The van der Waals surface area contributed by atoms with E-state index in [0.29, 0.717) is 17.9 Å². The van der Waals surface area contributed by atoms with Crippen molar-refractivity contribution in [3.63, 3.8) is 0 Å². The second-order valence-corrected chi connectivity index (χ2v) is 7.16. The first-order valence-electron chi connectivity index (χ1n) is 9.23. The number of phenols is 2. The number of phenolic OH excluding ortho intramolecular Hbond substituents is 2. The van der Waals surface area contributed by atoms with Gasteiger partial charge in [-0.15, -0.1) is 0 Å². The molecule has 0 aliphatic rings. The Labute approximate surface area is 159 Å². The molecule has 0 heterocycles. The van der Waals surface area contributed by atoms with E-state index in [4.69, 9.17) is 4.74 Å². The van der Waals surface area contributed by atoms with E-state index >= 15 is 0 Å². The van der Waals surface area contributed by atoms with Gasteiger partial charge in [0.25, 0.3) is 0 Å². The van der Waals surface area contributed by atoms with Crippen molar-refractivity contribution in [3.05, 3.63) is 65.7 Å². The summed E-state index contributed by atoms with van der Waals surface area (Å²) in [5.74, 6) is 1.17. The summed E-state index contributed by atoms with van der Waals surface area (Å²) in [6.45, 7) is 2.17. The molecule has 4 heteroatoms. The third kappa shape index (κ3) is 4.52. The Morgan fingerprint density at radius 2 is 1.56 bits per heavy atom. The van der Waals surface area contributed by atoms with Crippen molar-refractivity contribution >= 4 is 10.8 Å². The van der Waals surface area contributed by atoms with Crippen LogP contribution < -0.4 is 4.74 Å². The van der Waals surface area contributed by atoms with Crippen LogP contribution in [0, 0.1) is 5.92 Å². The molecular weight excluding hydrogens is 340 g/mol. The normalized spacial score (nSPS) is 13.4. The number of hydrogen-bond donors (Lipinski definition) is 3. The molecule has 0 saturated carbocycles. The lowest BCUT2D eigenvalue weighted by atomic mass is 9.91. The summed E-state index contributed by atoms with van der Waals surface area (Å²) in [4.78, 5) is 0. The Bertz CT molecular complexity index is 899. The molecule has 0 bridgehead atoms. The van der Waals surface area contributed by atoms with Crippen molar-refractivity contribution in [1.82, 2.24) is 0 Å². The molecule has 142 valence electrons. The Kier molecular flexibility index (Phi) is 5.87. The highest BCUT2D eigenvalue weighted by molar-refractivity contribution is 5.91. The lowest BCUT2D eigenvalue weighted by molar-refractivity contribution is 0.157. The Hall–Kier alpha value is -2.72. The van der Waals surface area contributed by atoms with Crippen molar-refractivity contribution < 1.29 is 20.1 Å². The third-order valence-corrected chi connectivity index (χ3v) is 5.01. The van der Waals surface area contributed by atoms with Crippen molar-refractivity contribution in [2.75, 3.05) is 7.11 Å². The number of methoxy groups -OCH3 is 1. The average molecular weight is 366 g/mol. The predicted octanol–water partition coefficient (Wildman–Crippen LogP) is 4.95. The number of aliphatic hydroxyl groups is 1. The lowest BCUT2D eigenvalue weighted by Crippen LogP contribution is -2.05. The zero-order valence-corrected chi connectivity index (χ0v) is 15.7. The van der Waals surface area contributed by atoms with Crippen LogP contribution in [0.4, 0.5) is 0 Å². The van der Waals surface area contributed by atoms with E-state index in [2.05, 4.69) is 25.1 Å². The predicted molar refractivity (Wildman–Crippen MR) is 107 cm³/mol. The molecule has 3 N–H and O–H groups in total. The molecule has 2 unspecified atom stereocenters. The zero-order chi connectivity index (χ0) is 19.4. The molecule has 0 aromatic heterocycles. The summed E-state index contributed by atoms with van der Waals surface area (Å²) in [5.41, 5.74) is 1.80. The Morgan fingerprint density at radius 1 is 0.889 bits per heavy atom. The maximum atomic E-state index is 10.4. The van der Waals surface area contributed by atoms with E-state index in [1.165, 1.54) is 29.1 Å². The minimum atomic E-state index is -0.710. The smallest absolute Gasteiger partial charge is 0.126 e. The van der Waals surface area contributed by atoms with Crippen molar-refractivity contribution in [2.24, 2.45) is 5.92 Å². The second kappa shape index (κ2) is 8.31. The van der Waals surface area contributed by atoms with Crippen LogP contribution in [0.5, 0.6) is 17.2 Å². The molecule has 0 radical (unpaired) electrons. The first kappa shape index (κ1) is 19.1. The highest BCUT2D eigenvalue weighted by atomic mass is 16.5. The molecule has 27 heavy (non-hydrogen) atoms. The minimum absolute atomic E-state index is 0.0400. The summed E-state index contributed by atoms with van der Waals surface area (Å²) in [7, 11) is 1.69. The number of benzene rings is 3. The summed E-state index contributed by atoms with van der Waals surface area (Å²) in [5, 5.41) is 31.8. The first-order valence-corrected chi connectivity index (χ1v) is 9.23. The van der Waals surface area contributed by atoms with E-state index < -0.39 is 6.10 Å². The van der Waals surface area contributed by atoms with Gasteiger partial charge in [0, 0.05) is 11.5 Å². The summed E-state index contributed by atoms with van der Waals surface area (Å²) in [6.07, 6.45) is 1.59. The van der Waals surface area contributed by atoms with Gasteiger partial charge in [-0.05, 0) is 59.9 Å². The van der Waals surface area contributed by atoms with E-state index in [1.54, 1.807) is 7.11 Å². The van der Waals surface area contributed by atoms with Crippen LogP contribution in [0.1, 0.15) is 37.0 Å². The average Bonchev–Trinajstić information content (AvgIpc) is 2.65. The quantitative estimate of drug-likeness (QED) is 0.553. The van der Waals surface area contributed by atoms with Crippen LogP contribution in [0.2, 0.25) is 0 Å². The topological polar surface area (TPSA) is 69.9 Å². The minimum Gasteiger partial charge on any atom is -0.508 e. The van der Waals surface area contributed by atoms with Gasteiger partial charge in [-0.2, -0.15) is 0 Å². The van der Waals surface area contributed by atoms with Crippen molar-refractivity contribution in [3.8, 4) is 17.2 Å². The van der Waals surface area contributed by atoms with Crippen LogP contribution in [0.15, 0.2) is 54.6 Å². The summed E-state index contributed by atoms with van der Waals surface area (Å²) in [6, 6.07) is 16.6. The maximum Gasteiger partial charge on any atom is 0.126 e. The number of aliphatic hydroxyl groups excluding tert-OH is 1. The van der Waals surface area contributed by atoms with Crippen molar-refractivity contribution in [2.45, 2.75) is 32.3 Å². The summed E-state index contributed by atoms with van der Waals surface area (Å²) < 4.78 is 5.46. The van der Waals surface area contributed by atoms with E-state index in [9.17, 15) is 15.3 Å². The highest BCUT2D eigenvalue weighted by Gasteiger charge is 2.14. The van der Waals surface area contributed by atoms with E-state index in [1.807, 2.05) is 18.2 Å². The molecule has 3 aromatic carbocycles. The van der Waals surface area contributed by atoms with Crippen LogP contribution in [-0.4, -0.2) is 22.4 Å². The van der Waals surface area contributed by atoms with Gasteiger partial charge in [-0.3, -0.25) is 0 Å². The van der Waals surface area contributed by atoms with Crippen LogP contribution >= 0.6 is 0 Å². The Morgan fingerprint density at radius 3 is 2.22 bits per heavy atom. The van der Waals surface area contributed by atoms with Crippen LogP contribution in [0.25, 0.3) is 10.8 Å². The molecule has 4 nitrogen and oxygen atoms in total. The fourth-order valence-electron chi connectivity index (χ4n) is 3.59. The van der Waals surface area contributed by atoms with E-state index in [-0.39, 0.29) is 11.5 Å². The van der Waals surface area contributed by atoms with Gasteiger partial charge in [0.15, 0.2) is 0 Å². The fraction of sp³-hybridized carbons (Fsp3) is 0.304. The van der Waals surface area contributed by atoms with Crippen LogP contribution in [0.3, 0.4) is 0 Å². The highest BCUT2D eigenvalue weighted by Crippen LogP contribution is 2.32. The first-order chi connectivity index (χ1) is 13.0. The zero-order valence-electron chi connectivity index (χ0n) is 15.7. The van der Waals surface area contributed by atoms with E-state index in [0.717, 1.165) is 24.0 Å². The number of hydrogen-bond acceptors (Lipinski definition) is 4. The van der Waals surface area contributed by atoms with Gasteiger partial charge < -0.3 is 20.1 Å². The monoisotopic (exact) mass is 366 g/mol. The fourth-order valence-corrected chi connectivity index (χ4v) is 3.59. The number of fused-ring (bicyclic) bond motifs is 1. The molecule has 3 rings (SSSR count). The molecule has 0 aliphatic carbocycles. The largest absolute Gasteiger partial charge is 0.508 e.